The molecular weight excluding hydrogens is 326 g/mol. The van der Waals surface area contributed by atoms with E-state index in [9.17, 15) is 0 Å². The van der Waals surface area contributed by atoms with Gasteiger partial charge in [-0.05, 0) is 49.7 Å². The molecule has 0 aliphatic heterocycles. The first kappa shape index (κ1) is 15.9. The van der Waals surface area contributed by atoms with E-state index < -0.39 is 0 Å². The van der Waals surface area contributed by atoms with Crippen LogP contribution in [0.2, 0.25) is 0 Å². The predicted octanol–water partition coefficient (Wildman–Crippen LogP) is 4.09. The normalized spacial score (nSPS) is 10.7. The Labute approximate surface area is 151 Å². The highest BCUT2D eigenvalue weighted by Crippen LogP contribution is 2.23. The molecule has 0 radical (unpaired) electrons. The Bertz CT molecular complexity index is 1020. The van der Waals surface area contributed by atoms with Crippen molar-refractivity contribution >= 4 is 23.1 Å². The van der Waals surface area contributed by atoms with Crippen LogP contribution < -0.4 is 10.6 Å². The standard InChI is InChI=1S/C19H19N7/c1-13-8-15(21-18-10-14(2)23-24-18)11-16(9-13)22-19-20-12-26(25-19)17-6-4-3-5-7-17/h3-12H,1-2H3,(H,22,25)(H2,21,23,24). The Balaban J connectivity index is 1.54. The first-order valence-corrected chi connectivity index (χ1v) is 8.30. The van der Waals surface area contributed by atoms with E-state index >= 15 is 0 Å². The molecule has 0 saturated heterocycles. The summed E-state index contributed by atoms with van der Waals surface area (Å²) in [7, 11) is 0. The average Bonchev–Trinajstić information content (AvgIpc) is 3.24. The summed E-state index contributed by atoms with van der Waals surface area (Å²) in [5.74, 6) is 1.33. The molecule has 2 aromatic carbocycles. The number of aromatic nitrogens is 5. The molecule has 2 heterocycles. The zero-order valence-corrected chi connectivity index (χ0v) is 14.6. The number of benzene rings is 2. The third-order valence-electron chi connectivity index (χ3n) is 3.82. The summed E-state index contributed by atoms with van der Waals surface area (Å²) in [6.45, 7) is 4.01. The number of anilines is 4. The van der Waals surface area contributed by atoms with Crippen LogP contribution in [-0.2, 0) is 0 Å². The number of aryl methyl sites for hydroxylation is 2. The maximum Gasteiger partial charge on any atom is 0.246 e. The van der Waals surface area contributed by atoms with E-state index in [1.807, 2.05) is 62.4 Å². The van der Waals surface area contributed by atoms with Gasteiger partial charge < -0.3 is 10.6 Å². The first-order valence-electron chi connectivity index (χ1n) is 8.30. The van der Waals surface area contributed by atoms with Crippen molar-refractivity contribution in [1.82, 2.24) is 25.0 Å². The number of nitrogens with zero attached hydrogens (tertiary/aromatic N) is 4. The minimum absolute atomic E-state index is 0.543. The van der Waals surface area contributed by atoms with Crippen LogP contribution >= 0.6 is 0 Å². The van der Waals surface area contributed by atoms with Crippen LogP contribution in [0.15, 0.2) is 60.9 Å². The van der Waals surface area contributed by atoms with Gasteiger partial charge in [-0.1, -0.05) is 18.2 Å². The fraction of sp³-hybridized carbons (Fsp3) is 0.105. The summed E-state index contributed by atoms with van der Waals surface area (Å²) in [5.41, 5.74) is 4.95. The van der Waals surface area contributed by atoms with Crippen molar-refractivity contribution in [2.45, 2.75) is 13.8 Å². The molecule has 0 saturated carbocycles. The van der Waals surface area contributed by atoms with Crippen molar-refractivity contribution in [3.05, 3.63) is 72.2 Å². The number of hydrogen-bond donors (Lipinski definition) is 3. The Hall–Kier alpha value is -3.61. The highest BCUT2D eigenvalue weighted by atomic mass is 15.4. The van der Waals surface area contributed by atoms with Gasteiger partial charge in [0.25, 0.3) is 0 Å². The van der Waals surface area contributed by atoms with E-state index in [-0.39, 0.29) is 0 Å². The minimum atomic E-state index is 0.543. The molecule has 0 amide bonds. The molecule has 0 atom stereocenters. The molecule has 0 aliphatic rings. The summed E-state index contributed by atoms with van der Waals surface area (Å²) < 4.78 is 1.74. The van der Waals surface area contributed by atoms with Crippen molar-refractivity contribution in [1.29, 1.82) is 0 Å². The van der Waals surface area contributed by atoms with Crippen molar-refractivity contribution < 1.29 is 0 Å². The molecular formula is C19H19N7. The number of H-pyrrole nitrogens is 1. The molecule has 2 aromatic heterocycles. The second-order valence-corrected chi connectivity index (χ2v) is 6.12. The van der Waals surface area contributed by atoms with Crippen LogP contribution in [0.5, 0.6) is 0 Å². The van der Waals surface area contributed by atoms with E-state index in [0.29, 0.717) is 5.95 Å². The van der Waals surface area contributed by atoms with E-state index in [2.05, 4.69) is 37.0 Å². The van der Waals surface area contributed by atoms with Crippen molar-refractivity contribution in [2.75, 3.05) is 10.6 Å². The van der Waals surface area contributed by atoms with Gasteiger partial charge in [-0.15, -0.1) is 5.10 Å². The molecule has 130 valence electrons. The number of rotatable bonds is 5. The van der Waals surface area contributed by atoms with E-state index in [4.69, 9.17) is 0 Å². The highest BCUT2D eigenvalue weighted by Gasteiger charge is 2.06. The number of para-hydroxylation sites is 1. The highest BCUT2D eigenvalue weighted by molar-refractivity contribution is 5.66. The Kier molecular flexibility index (Phi) is 4.10. The van der Waals surface area contributed by atoms with Gasteiger partial charge in [0.15, 0.2) is 5.82 Å². The third-order valence-corrected chi connectivity index (χ3v) is 3.82. The van der Waals surface area contributed by atoms with Crippen molar-refractivity contribution in [3.63, 3.8) is 0 Å². The number of hydrogen-bond acceptors (Lipinski definition) is 5. The first-order chi connectivity index (χ1) is 12.7. The molecule has 4 aromatic rings. The predicted molar refractivity (Wildman–Crippen MR) is 102 cm³/mol. The largest absolute Gasteiger partial charge is 0.339 e. The fourth-order valence-electron chi connectivity index (χ4n) is 2.71. The van der Waals surface area contributed by atoms with Crippen LogP contribution in [0.25, 0.3) is 5.69 Å². The second-order valence-electron chi connectivity index (χ2n) is 6.12. The van der Waals surface area contributed by atoms with Crippen LogP contribution in [-0.4, -0.2) is 25.0 Å². The smallest absolute Gasteiger partial charge is 0.246 e. The third kappa shape index (κ3) is 3.56. The Morgan fingerprint density at radius 3 is 2.42 bits per heavy atom. The summed E-state index contributed by atoms with van der Waals surface area (Å²) in [5, 5.41) is 18.2. The number of aromatic amines is 1. The van der Waals surface area contributed by atoms with Gasteiger partial charge in [-0.2, -0.15) is 10.1 Å². The lowest BCUT2D eigenvalue weighted by Crippen LogP contribution is -1.98. The molecule has 0 fully saturated rings. The molecule has 4 rings (SSSR count). The monoisotopic (exact) mass is 345 g/mol. The van der Waals surface area contributed by atoms with E-state index in [1.165, 1.54) is 0 Å². The second kappa shape index (κ2) is 6.72. The SMILES string of the molecule is Cc1cc(Nc2cc(C)[nH]n2)cc(Nc2ncn(-c3ccccc3)n2)c1. The van der Waals surface area contributed by atoms with Gasteiger partial charge in [-0.25, -0.2) is 4.68 Å². The summed E-state index contributed by atoms with van der Waals surface area (Å²) in [4.78, 5) is 4.34. The molecule has 7 nitrogen and oxygen atoms in total. The molecule has 0 bridgehead atoms. The zero-order valence-electron chi connectivity index (χ0n) is 14.6. The summed E-state index contributed by atoms with van der Waals surface area (Å²) in [6, 6.07) is 18.0. The molecule has 26 heavy (non-hydrogen) atoms. The molecule has 0 unspecified atom stereocenters. The van der Waals surface area contributed by atoms with Crippen LogP contribution in [0.4, 0.5) is 23.1 Å². The maximum atomic E-state index is 4.48. The molecule has 0 aliphatic carbocycles. The molecule has 0 spiro atoms. The summed E-state index contributed by atoms with van der Waals surface area (Å²) in [6.07, 6.45) is 1.69. The minimum Gasteiger partial charge on any atom is -0.339 e. The van der Waals surface area contributed by atoms with Gasteiger partial charge in [0.2, 0.25) is 5.95 Å². The Morgan fingerprint density at radius 1 is 0.923 bits per heavy atom. The van der Waals surface area contributed by atoms with Gasteiger partial charge in [0, 0.05) is 23.1 Å². The lowest BCUT2D eigenvalue weighted by Gasteiger charge is -2.09. The fourth-order valence-corrected chi connectivity index (χ4v) is 2.71. The zero-order chi connectivity index (χ0) is 17.9. The van der Waals surface area contributed by atoms with E-state index in [0.717, 1.165) is 34.1 Å². The van der Waals surface area contributed by atoms with Crippen molar-refractivity contribution in [2.24, 2.45) is 0 Å². The lowest BCUT2D eigenvalue weighted by molar-refractivity contribution is 0.882. The maximum absolute atomic E-state index is 4.48. The van der Waals surface area contributed by atoms with Gasteiger partial charge in [0.05, 0.1) is 5.69 Å². The lowest BCUT2D eigenvalue weighted by atomic mass is 10.2. The summed E-state index contributed by atoms with van der Waals surface area (Å²) >= 11 is 0. The van der Waals surface area contributed by atoms with Crippen LogP contribution in [0, 0.1) is 13.8 Å². The molecule has 7 heteroatoms. The van der Waals surface area contributed by atoms with Crippen LogP contribution in [0.1, 0.15) is 11.3 Å². The topological polar surface area (TPSA) is 83.5 Å². The van der Waals surface area contributed by atoms with Gasteiger partial charge in [-0.3, -0.25) is 5.10 Å². The van der Waals surface area contributed by atoms with Crippen molar-refractivity contribution in [3.8, 4) is 5.69 Å². The van der Waals surface area contributed by atoms with Gasteiger partial charge in [0.1, 0.15) is 6.33 Å². The van der Waals surface area contributed by atoms with Gasteiger partial charge >= 0.3 is 0 Å². The molecule has 3 N–H and O–H groups in total. The Morgan fingerprint density at radius 2 is 1.69 bits per heavy atom. The number of nitrogens with one attached hydrogen (secondary N) is 3. The average molecular weight is 345 g/mol. The van der Waals surface area contributed by atoms with Crippen LogP contribution in [0.3, 0.4) is 0 Å². The quantitative estimate of drug-likeness (QED) is 0.507. The van der Waals surface area contributed by atoms with E-state index in [1.54, 1.807) is 11.0 Å².